The second-order valence-corrected chi connectivity index (χ2v) is 4.01. The van der Waals surface area contributed by atoms with E-state index in [2.05, 4.69) is 10.2 Å². The third-order valence-corrected chi connectivity index (χ3v) is 2.86. The van der Waals surface area contributed by atoms with Crippen molar-refractivity contribution < 1.29 is 5.11 Å². The molecule has 1 aliphatic heterocycles. The van der Waals surface area contributed by atoms with E-state index in [0.717, 1.165) is 39.1 Å². The van der Waals surface area contributed by atoms with Gasteiger partial charge in [0.15, 0.2) is 0 Å². The SMILES string of the molecule is Br.Br.Oc1ccc(CCN2CCNCC2)cc1. The zero-order chi connectivity index (χ0) is 10.5. The van der Waals surface area contributed by atoms with Crippen LogP contribution in [0.25, 0.3) is 0 Å². The molecule has 0 bridgehead atoms. The van der Waals surface area contributed by atoms with Crippen LogP contribution in [0.5, 0.6) is 5.75 Å². The second-order valence-electron chi connectivity index (χ2n) is 4.01. The second kappa shape index (κ2) is 8.91. The number of nitrogens with one attached hydrogen (secondary N) is 1. The first-order valence-electron chi connectivity index (χ1n) is 5.55. The van der Waals surface area contributed by atoms with Gasteiger partial charge in [0.1, 0.15) is 5.75 Å². The summed E-state index contributed by atoms with van der Waals surface area (Å²) < 4.78 is 0. The smallest absolute Gasteiger partial charge is 0.115 e. The molecule has 3 nitrogen and oxygen atoms in total. The summed E-state index contributed by atoms with van der Waals surface area (Å²) in [6.07, 6.45) is 1.07. The van der Waals surface area contributed by atoms with E-state index in [4.69, 9.17) is 5.11 Å². The van der Waals surface area contributed by atoms with E-state index >= 15 is 0 Å². The van der Waals surface area contributed by atoms with Gasteiger partial charge in [0.2, 0.25) is 0 Å². The van der Waals surface area contributed by atoms with Gasteiger partial charge < -0.3 is 15.3 Å². The van der Waals surface area contributed by atoms with E-state index in [0.29, 0.717) is 5.75 Å². The summed E-state index contributed by atoms with van der Waals surface area (Å²) in [4.78, 5) is 2.48. The van der Waals surface area contributed by atoms with Crippen molar-refractivity contribution in [2.45, 2.75) is 6.42 Å². The minimum absolute atomic E-state index is 0. The van der Waals surface area contributed by atoms with Gasteiger partial charge >= 0.3 is 0 Å². The van der Waals surface area contributed by atoms with Crippen LogP contribution in [0.1, 0.15) is 5.56 Å². The molecule has 1 aromatic carbocycles. The summed E-state index contributed by atoms with van der Waals surface area (Å²) in [7, 11) is 0. The normalized spacial score (nSPS) is 15.8. The van der Waals surface area contributed by atoms with Crippen molar-refractivity contribution >= 4 is 34.0 Å². The number of benzene rings is 1. The average molecular weight is 368 g/mol. The van der Waals surface area contributed by atoms with Gasteiger partial charge in [-0.1, -0.05) is 12.1 Å². The number of hydrogen-bond donors (Lipinski definition) is 2. The molecule has 1 aromatic rings. The number of nitrogens with zero attached hydrogens (tertiary/aromatic N) is 1. The van der Waals surface area contributed by atoms with Crippen molar-refractivity contribution in [2.24, 2.45) is 0 Å². The Hall–Kier alpha value is -0.100. The molecule has 0 aromatic heterocycles. The molecule has 0 radical (unpaired) electrons. The largest absolute Gasteiger partial charge is 0.508 e. The van der Waals surface area contributed by atoms with Crippen LogP contribution in [0, 0.1) is 0 Å². The Morgan fingerprint density at radius 3 is 2.24 bits per heavy atom. The molecule has 0 spiro atoms. The van der Waals surface area contributed by atoms with Crippen LogP contribution in [0.3, 0.4) is 0 Å². The van der Waals surface area contributed by atoms with E-state index < -0.39 is 0 Å². The fourth-order valence-electron chi connectivity index (χ4n) is 1.88. The molecule has 17 heavy (non-hydrogen) atoms. The van der Waals surface area contributed by atoms with E-state index in [9.17, 15) is 0 Å². The first-order valence-corrected chi connectivity index (χ1v) is 5.55. The summed E-state index contributed by atoms with van der Waals surface area (Å²) >= 11 is 0. The third-order valence-electron chi connectivity index (χ3n) is 2.86. The molecule has 5 heteroatoms. The van der Waals surface area contributed by atoms with Crippen LogP contribution in [0.4, 0.5) is 0 Å². The van der Waals surface area contributed by atoms with E-state index in [1.807, 2.05) is 12.1 Å². The highest BCUT2D eigenvalue weighted by Gasteiger charge is 2.08. The van der Waals surface area contributed by atoms with E-state index in [1.54, 1.807) is 12.1 Å². The molecule has 2 N–H and O–H groups in total. The number of halogens is 2. The number of aromatic hydroxyl groups is 1. The molecule has 1 aliphatic rings. The molecule has 1 saturated heterocycles. The van der Waals surface area contributed by atoms with Crippen LogP contribution in [0.2, 0.25) is 0 Å². The summed E-state index contributed by atoms with van der Waals surface area (Å²) in [6, 6.07) is 7.51. The summed E-state index contributed by atoms with van der Waals surface area (Å²) in [5.74, 6) is 0.348. The highest BCUT2D eigenvalue weighted by molar-refractivity contribution is 8.93. The van der Waals surface area contributed by atoms with Gasteiger partial charge in [-0.25, -0.2) is 0 Å². The summed E-state index contributed by atoms with van der Waals surface area (Å²) in [6.45, 7) is 5.63. The Morgan fingerprint density at radius 1 is 1.06 bits per heavy atom. The van der Waals surface area contributed by atoms with Gasteiger partial charge in [-0.2, -0.15) is 0 Å². The van der Waals surface area contributed by atoms with Gasteiger partial charge in [0, 0.05) is 32.7 Å². The Balaban J connectivity index is 0.00000128. The fraction of sp³-hybridized carbons (Fsp3) is 0.500. The number of piperazine rings is 1. The molecule has 0 saturated carbocycles. The quantitative estimate of drug-likeness (QED) is 0.857. The van der Waals surface area contributed by atoms with E-state index in [-0.39, 0.29) is 34.0 Å². The highest BCUT2D eigenvalue weighted by Crippen LogP contribution is 2.10. The molecular weight excluding hydrogens is 348 g/mol. The number of phenolic OH excluding ortho intramolecular Hbond substituents is 1. The van der Waals surface area contributed by atoms with Crippen LogP contribution < -0.4 is 5.32 Å². The summed E-state index contributed by atoms with van der Waals surface area (Å²) in [5, 5.41) is 12.5. The topological polar surface area (TPSA) is 35.5 Å². The molecule has 1 heterocycles. The lowest BCUT2D eigenvalue weighted by molar-refractivity contribution is 0.244. The number of hydrogen-bond acceptors (Lipinski definition) is 3. The molecule has 98 valence electrons. The zero-order valence-electron chi connectivity index (χ0n) is 9.76. The number of phenols is 1. The van der Waals surface area contributed by atoms with Crippen LogP contribution in [-0.4, -0.2) is 42.7 Å². The maximum atomic E-state index is 9.15. The highest BCUT2D eigenvalue weighted by atomic mass is 79.9. The maximum absolute atomic E-state index is 9.15. The standard InChI is InChI=1S/C12H18N2O.2BrH/c15-12-3-1-11(2-4-12)5-8-14-9-6-13-7-10-14;;/h1-4,13,15H,5-10H2;2*1H. The van der Waals surface area contributed by atoms with Crippen molar-refractivity contribution in [3.8, 4) is 5.75 Å². The minimum atomic E-state index is 0. The fourth-order valence-corrected chi connectivity index (χ4v) is 1.88. The first-order chi connectivity index (χ1) is 7.34. The third kappa shape index (κ3) is 5.86. The van der Waals surface area contributed by atoms with Crippen molar-refractivity contribution in [3.05, 3.63) is 29.8 Å². The Kier molecular flexibility index (Phi) is 8.86. The van der Waals surface area contributed by atoms with Gasteiger partial charge in [0.05, 0.1) is 0 Å². The molecule has 0 amide bonds. The molecule has 0 atom stereocenters. The lowest BCUT2D eigenvalue weighted by atomic mass is 10.1. The van der Waals surface area contributed by atoms with Crippen molar-refractivity contribution in [2.75, 3.05) is 32.7 Å². The Bertz CT molecular complexity index is 300. The van der Waals surface area contributed by atoms with Gasteiger partial charge in [-0.15, -0.1) is 34.0 Å². The predicted octanol–water partition coefficient (Wildman–Crippen LogP) is 2.00. The van der Waals surface area contributed by atoms with E-state index in [1.165, 1.54) is 5.56 Å². The minimum Gasteiger partial charge on any atom is -0.508 e. The average Bonchev–Trinajstić information content (AvgIpc) is 2.30. The van der Waals surface area contributed by atoms with Crippen LogP contribution in [-0.2, 0) is 6.42 Å². The van der Waals surface area contributed by atoms with Gasteiger partial charge in [-0.3, -0.25) is 0 Å². The zero-order valence-corrected chi connectivity index (χ0v) is 13.2. The lowest BCUT2D eigenvalue weighted by Gasteiger charge is -2.27. The monoisotopic (exact) mass is 366 g/mol. The van der Waals surface area contributed by atoms with Crippen molar-refractivity contribution in [1.29, 1.82) is 0 Å². The molecule has 0 aliphatic carbocycles. The summed E-state index contributed by atoms with van der Waals surface area (Å²) in [5.41, 5.74) is 1.30. The van der Waals surface area contributed by atoms with Crippen molar-refractivity contribution in [3.63, 3.8) is 0 Å². The van der Waals surface area contributed by atoms with Gasteiger partial charge in [0.25, 0.3) is 0 Å². The Morgan fingerprint density at radius 2 is 1.65 bits per heavy atom. The molecular formula is C12H20Br2N2O. The predicted molar refractivity (Wildman–Crippen MR) is 81.8 cm³/mol. The maximum Gasteiger partial charge on any atom is 0.115 e. The van der Waals surface area contributed by atoms with Crippen molar-refractivity contribution in [1.82, 2.24) is 10.2 Å². The molecule has 1 fully saturated rings. The van der Waals surface area contributed by atoms with Gasteiger partial charge in [-0.05, 0) is 24.1 Å². The van der Waals surface area contributed by atoms with Crippen LogP contribution in [0.15, 0.2) is 24.3 Å². The molecule has 0 unspecified atom stereocenters. The molecule has 2 rings (SSSR count). The van der Waals surface area contributed by atoms with Crippen LogP contribution >= 0.6 is 34.0 Å². The lowest BCUT2D eigenvalue weighted by Crippen LogP contribution is -2.44. The first kappa shape index (κ1) is 16.9. The number of rotatable bonds is 3. The Labute approximate surface area is 124 Å².